The van der Waals surface area contributed by atoms with Crippen molar-refractivity contribution in [2.24, 2.45) is 0 Å². The molecule has 0 spiro atoms. The first-order valence-corrected chi connectivity index (χ1v) is 13.4. The highest BCUT2D eigenvalue weighted by atomic mass is 79.9. The Kier molecular flexibility index (Phi) is 7.50. The molecule has 1 aliphatic heterocycles. The normalized spacial score (nSPS) is 14.9. The Morgan fingerprint density at radius 3 is 2.44 bits per heavy atom. The van der Waals surface area contributed by atoms with Gasteiger partial charge in [-0.15, -0.1) is 0 Å². The molecule has 0 unspecified atom stereocenters. The fourth-order valence-electron chi connectivity index (χ4n) is 3.22. The minimum atomic E-state index is -4.11. The van der Waals surface area contributed by atoms with E-state index in [0.29, 0.717) is 26.8 Å². The fraction of sp³-hybridized carbons (Fsp3) is 0.0435. The van der Waals surface area contributed by atoms with Crippen molar-refractivity contribution in [3.63, 3.8) is 0 Å². The molecule has 4 rings (SSSR count). The van der Waals surface area contributed by atoms with Gasteiger partial charge in [0.15, 0.2) is 5.75 Å². The third-order valence-electron chi connectivity index (χ3n) is 4.95. The molecule has 0 aliphatic carbocycles. The summed E-state index contributed by atoms with van der Waals surface area (Å²) >= 11 is 9.77. The predicted molar refractivity (Wildman–Crippen MR) is 138 cm³/mol. The standard InChI is InChI=1S/C23H14BrClN2O7S2/c24-18-11-14(5-10-20(18)34-36(32,33)17-8-6-16(25)7-9-17)12-21-22(28)26(23(29)35-21)13-15-3-1-2-4-19(15)27(30)31/h1-12H,13H2/b21-12-. The second-order valence-electron chi connectivity index (χ2n) is 7.33. The number of halogens is 2. The van der Waals surface area contributed by atoms with Crippen LogP contribution in [0, 0.1) is 10.1 Å². The van der Waals surface area contributed by atoms with Gasteiger partial charge in [0.05, 0.1) is 20.8 Å². The molecule has 1 heterocycles. The molecule has 2 amide bonds. The molecule has 0 bridgehead atoms. The quantitative estimate of drug-likeness (QED) is 0.138. The molecule has 9 nitrogen and oxygen atoms in total. The van der Waals surface area contributed by atoms with Crippen LogP contribution in [0.5, 0.6) is 5.75 Å². The van der Waals surface area contributed by atoms with E-state index in [2.05, 4.69) is 15.9 Å². The Balaban J connectivity index is 1.53. The summed E-state index contributed by atoms with van der Waals surface area (Å²) in [5.74, 6) is -0.573. The third-order valence-corrected chi connectivity index (χ3v) is 7.97. The molecule has 0 aromatic heterocycles. The highest BCUT2D eigenvalue weighted by Crippen LogP contribution is 2.36. The first-order chi connectivity index (χ1) is 17.0. The Morgan fingerprint density at radius 2 is 1.78 bits per heavy atom. The summed E-state index contributed by atoms with van der Waals surface area (Å²) in [6, 6.07) is 15.8. The Bertz CT molecular complexity index is 1530. The van der Waals surface area contributed by atoms with E-state index in [-0.39, 0.29) is 33.3 Å². The van der Waals surface area contributed by atoms with E-state index in [1.54, 1.807) is 6.07 Å². The molecule has 13 heteroatoms. The zero-order valence-electron chi connectivity index (χ0n) is 18.0. The van der Waals surface area contributed by atoms with Crippen LogP contribution in [-0.4, -0.2) is 29.4 Å². The van der Waals surface area contributed by atoms with Crippen molar-refractivity contribution in [1.82, 2.24) is 4.90 Å². The van der Waals surface area contributed by atoms with Crippen LogP contribution in [0.4, 0.5) is 10.5 Å². The van der Waals surface area contributed by atoms with E-state index in [0.717, 1.165) is 4.90 Å². The lowest BCUT2D eigenvalue weighted by molar-refractivity contribution is -0.385. The van der Waals surface area contributed by atoms with Gasteiger partial charge in [-0.25, -0.2) is 0 Å². The van der Waals surface area contributed by atoms with Gasteiger partial charge in [0.2, 0.25) is 0 Å². The highest BCUT2D eigenvalue weighted by Gasteiger charge is 2.36. The van der Waals surface area contributed by atoms with Crippen molar-refractivity contribution in [3.05, 3.63) is 102 Å². The van der Waals surface area contributed by atoms with Gasteiger partial charge < -0.3 is 4.18 Å². The SMILES string of the molecule is O=C1S/C(=C\c2ccc(OS(=O)(=O)c3ccc(Cl)cc3)c(Br)c2)C(=O)N1Cc1ccccc1[N+](=O)[O-]. The van der Waals surface area contributed by atoms with E-state index >= 15 is 0 Å². The van der Waals surface area contributed by atoms with Crippen molar-refractivity contribution in [2.75, 3.05) is 0 Å². The van der Waals surface area contributed by atoms with Crippen molar-refractivity contribution in [2.45, 2.75) is 11.4 Å². The molecule has 3 aromatic carbocycles. The van der Waals surface area contributed by atoms with Gasteiger partial charge in [-0.2, -0.15) is 8.42 Å². The summed E-state index contributed by atoms with van der Waals surface area (Å²) in [7, 11) is -4.11. The van der Waals surface area contributed by atoms with Crippen LogP contribution in [0.15, 0.2) is 81.0 Å². The van der Waals surface area contributed by atoms with E-state index in [1.807, 2.05) is 0 Å². The number of benzene rings is 3. The monoisotopic (exact) mass is 608 g/mol. The maximum absolute atomic E-state index is 12.8. The topological polar surface area (TPSA) is 124 Å². The van der Waals surface area contributed by atoms with Crippen LogP contribution in [0.25, 0.3) is 6.08 Å². The van der Waals surface area contributed by atoms with Crippen LogP contribution >= 0.6 is 39.3 Å². The zero-order chi connectivity index (χ0) is 26.0. The van der Waals surface area contributed by atoms with Crippen LogP contribution < -0.4 is 4.18 Å². The number of thioether (sulfide) groups is 1. The van der Waals surface area contributed by atoms with Gasteiger partial charge in [0.25, 0.3) is 16.8 Å². The van der Waals surface area contributed by atoms with E-state index in [9.17, 15) is 28.1 Å². The average Bonchev–Trinajstić information content (AvgIpc) is 3.08. The number of carbonyl (C=O) groups excluding carboxylic acids is 2. The third kappa shape index (κ3) is 5.62. The van der Waals surface area contributed by atoms with Gasteiger partial charge in [-0.1, -0.05) is 35.9 Å². The number of imide groups is 1. The smallest absolute Gasteiger partial charge is 0.339 e. The van der Waals surface area contributed by atoms with Crippen molar-refractivity contribution in [1.29, 1.82) is 0 Å². The molecular formula is C23H14BrClN2O7S2. The minimum Gasteiger partial charge on any atom is -0.378 e. The Hall–Kier alpha value is -3.19. The number of hydrogen-bond donors (Lipinski definition) is 0. The molecule has 0 N–H and O–H groups in total. The summed E-state index contributed by atoms with van der Waals surface area (Å²) in [5, 5.41) is 11.1. The fourth-order valence-corrected chi connectivity index (χ4v) is 5.72. The summed E-state index contributed by atoms with van der Waals surface area (Å²) in [5.41, 5.74) is 0.542. The van der Waals surface area contributed by atoms with Gasteiger partial charge in [-0.3, -0.25) is 24.6 Å². The number of hydrogen-bond acceptors (Lipinski definition) is 8. The number of nitro benzene ring substituents is 1. The van der Waals surface area contributed by atoms with E-state index in [4.69, 9.17) is 15.8 Å². The molecule has 1 fully saturated rings. The Morgan fingerprint density at radius 1 is 1.08 bits per heavy atom. The van der Waals surface area contributed by atoms with Gasteiger partial charge in [-0.05, 0) is 75.7 Å². The van der Waals surface area contributed by atoms with Gasteiger partial charge in [0.1, 0.15) is 4.90 Å². The van der Waals surface area contributed by atoms with Gasteiger partial charge >= 0.3 is 10.1 Å². The number of nitrogens with zero attached hydrogens (tertiary/aromatic N) is 2. The van der Waals surface area contributed by atoms with E-state index in [1.165, 1.54) is 66.7 Å². The van der Waals surface area contributed by atoms with Gasteiger partial charge in [0, 0.05) is 16.7 Å². The summed E-state index contributed by atoms with van der Waals surface area (Å²) in [4.78, 5) is 37.0. The largest absolute Gasteiger partial charge is 0.378 e. The first kappa shape index (κ1) is 25.9. The number of nitro groups is 1. The molecule has 1 aliphatic rings. The number of rotatable bonds is 7. The Labute approximate surface area is 223 Å². The highest BCUT2D eigenvalue weighted by molar-refractivity contribution is 9.10. The van der Waals surface area contributed by atoms with Crippen molar-refractivity contribution < 1.29 is 27.1 Å². The predicted octanol–water partition coefficient (Wildman–Crippen LogP) is 6.01. The molecule has 1 saturated heterocycles. The van der Waals surface area contributed by atoms with Crippen LogP contribution in [0.1, 0.15) is 11.1 Å². The number of carbonyl (C=O) groups is 2. The number of amides is 2. The molecular weight excluding hydrogens is 596 g/mol. The number of para-hydroxylation sites is 1. The molecule has 36 heavy (non-hydrogen) atoms. The van der Waals surface area contributed by atoms with Crippen LogP contribution in [-0.2, 0) is 21.5 Å². The summed E-state index contributed by atoms with van der Waals surface area (Å²) in [6.07, 6.45) is 1.46. The maximum atomic E-state index is 12.8. The molecule has 0 atom stereocenters. The lowest BCUT2D eigenvalue weighted by atomic mass is 10.1. The second-order valence-corrected chi connectivity index (χ2v) is 11.2. The average molecular weight is 610 g/mol. The lowest BCUT2D eigenvalue weighted by Crippen LogP contribution is -2.27. The molecule has 3 aromatic rings. The molecule has 0 saturated carbocycles. The van der Waals surface area contributed by atoms with Crippen molar-refractivity contribution in [3.8, 4) is 5.75 Å². The minimum absolute atomic E-state index is 0.0200. The molecule has 184 valence electrons. The lowest BCUT2D eigenvalue weighted by Gasteiger charge is -2.12. The zero-order valence-corrected chi connectivity index (χ0v) is 21.9. The second kappa shape index (κ2) is 10.4. The molecule has 0 radical (unpaired) electrons. The van der Waals surface area contributed by atoms with Crippen LogP contribution in [0.2, 0.25) is 5.02 Å². The summed E-state index contributed by atoms with van der Waals surface area (Å²) in [6.45, 7) is -0.238. The van der Waals surface area contributed by atoms with E-state index < -0.39 is 26.2 Å². The van der Waals surface area contributed by atoms with Crippen molar-refractivity contribution >= 4 is 72.3 Å². The summed E-state index contributed by atoms with van der Waals surface area (Å²) < 4.78 is 30.6. The maximum Gasteiger partial charge on any atom is 0.339 e. The van der Waals surface area contributed by atoms with Crippen LogP contribution in [0.3, 0.4) is 0 Å². The first-order valence-electron chi connectivity index (χ1n) is 10.0.